The second-order valence-electron chi connectivity index (χ2n) is 5.49. The maximum Gasteiger partial charge on any atom is 0.254 e. The van der Waals surface area contributed by atoms with Crippen LogP contribution in [-0.4, -0.2) is 29.0 Å². The molecule has 3 nitrogen and oxygen atoms in total. The highest BCUT2D eigenvalue weighted by Gasteiger charge is 2.29. The molecule has 0 saturated carbocycles. The molecular formula is C15H21NO2. The summed E-state index contributed by atoms with van der Waals surface area (Å²) in [6.45, 7) is 7.87. The van der Waals surface area contributed by atoms with Crippen LogP contribution in [0.2, 0.25) is 0 Å². The van der Waals surface area contributed by atoms with Crippen molar-refractivity contribution in [3.05, 3.63) is 29.3 Å². The maximum atomic E-state index is 12.4. The molecule has 1 N–H and O–H groups in total. The van der Waals surface area contributed by atoms with Crippen molar-refractivity contribution in [1.29, 1.82) is 0 Å². The van der Waals surface area contributed by atoms with Crippen molar-refractivity contribution in [3.63, 3.8) is 0 Å². The van der Waals surface area contributed by atoms with Crippen molar-refractivity contribution in [3.8, 4) is 5.75 Å². The van der Waals surface area contributed by atoms with Gasteiger partial charge in [0, 0.05) is 24.2 Å². The van der Waals surface area contributed by atoms with Crippen molar-refractivity contribution in [2.45, 2.75) is 27.2 Å². The highest BCUT2D eigenvalue weighted by molar-refractivity contribution is 5.96. The van der Waals surface area contributed by atoms with E-state index in [1.165, 1.54) is 0 Å². The van der Waals surface area contributed by atoms with Crippen LogP contribution in [0.3, 0.4) is 0 Å². The Bertz CT molecular complexity index is 454. The molecule has 0 spiro atoms. The number of amides is 1. The van der Waals surface area contributed by atoms with E-state index in [1.54, 1.807) is 25.1 Å². The van der Waals surface area contributed by atoms with E-state index in [2.05, 4.69) is 13.8 Å². The van der Waals surface area contributed by atoms with Crippen LogP contribution in [0, 0.1) is 18.8 Å². The molecule has 0 aromatic heterocycles. The molecule has 1 amide bonds. The van der Waals surface area contributed by atoms with Gasteiger partial charge in [-0.2, -0.15) is 0 Å². The smallest absolute Gasteiger partial charge is 0.254 e. The van der Waals surface area contributed by atoms with Gasteiger partial charge < -0.3 is 10.0 Å². The number of carbonyl (C=O) groups excluding carboxylic acids is 1. The van der Waals surface area contributed by atoms with Crippen LogP contribution in [0.25, 0.3) is 0 Å². The molecule has 98 valence electrons. The first kappa shape index (κ1) is 12.9. The lowest BCUT2D eigenvalue weighted by atomic mass is 9.95. The number of likely N-dealkylation sites (tertiary alicyclic amines) is 1. The minimum atomic E-state index is 0.0477. The van der Waals surface area contributed by atoms with Crippen molar-refractivity contribution < 1.29 is 9.90 Å². The van der Waals surface area contributed by atoms with Crippen LogP contribution in [-0.2, 0) is 0 Å². The number of hydrogen-bond donors (Lipinski definition) is 1. The molecule has 3 heteroatoms. The van der Waals surface area contributed by atoms with E-state index in [0.29, 0.717) is 23.0 Å². The molecule has 18 heavy (non-hydrogen) atoms. The summed E-state index contributed by atoms with van der Waals surface area (Å²) in [7, 11) is 0. The second kappa shape index (κ2) is 5.01. The number of phenols is 1. The Morgan fingerprint density at radius 1 is 1.44 bits per heavy atom. The summed E-state index contributed by atoms with van der Waals surface area (Å²) < 4.78 is 0. The summed E-state index contributed by atoms with van der Waals surface area (Å²) in [4.78, 5) is 14.3. The summed E-state index contributed by atoms with van der Waals surface area (Å²) >= 11 is 0. The number of hydrogen-bond acceptors (Lipinski definition) is 2. The largest absolute Gasteiger partial charge is 0.508 e. The van der Waals surface area contributed by atoms with Crippen molar-refractivity contribution in [2.75, 3.05) is 13.1 Å². The minimum absolute atomic E-state index is 0.0477. The van der Waals surface area contributed by atoms with Crippen LogP contribution >= 0.6 is 0 Å². The molecule has 0 aliphatic carbocycles. The Labute approximate surface area is 108 Å². The zero-order valence-electron chi connectivity index (χ0n) is 11.3. The Hall–Kier alpha value is -1.51. The molecule has 1 aromatic rings. The summed E-state index contributed by atoms with van der Waals surface area (Å²) in [6, 6.07) is 5.14. The molecule has 1 aromatic carbocycles. The number of phenolic OH excluding ortho intramolecular Hbond substituents is 1. The first-order valence-corrected chi connectivity index (χ1v) is 6.58. The lowest BCUT2D eigenvalue weighted by molar-refractivity contribution is 0.0783. The van der Waals surface area contributed by atoms with E-state index in [-0.39, 0.29) is 11.7 Å². The van der Waals surface area contributed by atoms with Crippen LogP contribution in [0.5, 0.6) is 5.75 Å². The molecule has 1 heterocycles. The number of nitrogens with zero attached hydrogens (tertiary/aromatic N) is 1. The number of aromatic hydroxyl groups is 1. The maximum absolute atomic E-state index is 12.4. The predicted molar refractivity (Wildman–Crippen MR) is 71.7 cm³/mol. The highest BCUT2D eigenvalue weighted by atomic mass is 16.3. The van der Waals surface area contributed by atoms with Crippen molar-refractivity contribution >= 4 is 5.91 Å². The van der Waals surface area contributed by atoms with Crippen LogP contribution in [0.4, 0.5) is 0 Å². The van der Waals surface area contributed by atoms with Crippen molar-refractivity contribution in [2.24, 2.45) is 11.8 Å². The van der Waals surface area contributed by atoms with Gasteiger partial charge in [-0.3, -0.25) is 4.79 Å². The lowest BCUT2D eigenvalue weighted by Gasteiger charge is -2.19. The minimum Gasteiger partial charge on any atom is -0.508 e. The Morgan fingerprint density at radius 2 is 2.17 bits per heavy atom. The van der Waals surface area contributed by atoms with Gasteiger partial charge in [-0.25, -0.2) is 0 Å². The Balaban J connectivity index is 2.16. The zero-order valence-corrected chi connectivity index (χ0v) is 11.3. The third kappa shape index (κ3) is 2.35. The molecule has 0 bridgehead atoms. The molecule has 0 radical (unpaired) electrons. The van der Waals surface area contributed by atoms with Crippen LogP contribution < -0.4 is 0 Å². The highest BCUT2D eigenvalue weighted by Crippen LogP contribution is 2.27. The molecule has 2 rings (SSSR count). The molecule has 1 aliphatic heterocycles. The average molecular weight is 247 g/mol. The molecular weight excluding hydrogens is 226 g/mol. The fraction of sp³-hybridized carbons (Fsp3) is 0.533. The molecule has 1 fully saturated rings. The van der Waals surface area contributed by atoms with Gasteiger partial charge in [0.15, 0.2) is 0 Å². The van der Waals surface area contributed by atoms with Crippen molar-refractivity contribution in [1.82, 2.24) is 4.90 Å². The lowest BCUT2D eigenvalue weighted by Crippen LogP contribution is -2.29. The monoisotopic (exact) mass is 247 g/mol. The Kier molecular flexibility index (Phi) is 3.60. The van der Waals surface area contributed by atoms with Gasteiger partial charge in [-0.05, 0) is 37.3 Å². The third-order valence-electron chi connectivity index (χ3n) is 3.99. The summed E-state index contributed by atoms with van der Waals surface area (Å²) in [5, 5.41) is 9.66. The molecule has 1 saturated heterocycles. The van der Waals surface area contributed by atoms with Gasteiger partial charge in [-0.15, -0.1) is 0 Å². The first-order chi connectivity index (χ1) is 8.50. The normalized spacial score (nSPS) is 19.6. The van der Waals surface area contributed by atoms with E-state index in [9.17, 15) is 9.90 Å². The zero-order chi connectivity index (χ0) is 13.3. The van der Waals surface area contributed by atoms with Gasteiger partial charge >= 0.3 is 0 Å². The molecule has 1 aliphatic rings. The van der Waals surface area contributed by atoms with E-state index in [4.69, 9.17) is 0 Å². The molecule has 1 atom stereocenters. The van der Waals surface area contributed by atoms with E-state index in [1.807, 2.05) is 4.90 Å². The van der Waals surface area contributed by atoms with Crippen LogP contribution in [0.15, 0.2) is 18.2 Å². The van der Waals surface area contributed by atoms with Gasteiger partial charge in [0.1, 0.15) is 5.75 Å². The average Bonchev–Trinajstić information content (AvgIpc) is 2.81. The summed E-state index contributed by atoms with van der Waals surface area (Å²) in [5.41, 5.74) is 1.30. The predicted octanol–water partition coefficient (Wildman–Crippen LogP) is 2.82. The van der Waals surface area contributed by atoms with Gasteiger partial charge in [0.25, 0.3) is 5.91 Å². The first-order valence-electron chi connectivity index (χ1n) is 6.58. The van der Waals surface area contributed by atoms with Gasteiger partial charge in [-0.1, -0.05) is 19.9 Å². The van der Waals surface area contributed by atoms with Crippen LogP contribution in [0.1, 0.15) is 36.2 Å². The quantitative estimate of drug-likeness (QED) is 0.873. The molecule has 1 unspecified atom stereocenters. The summed E-state index contributed by atoms with van der Waals surface area (Å²) in [6.07, 6.45) is 1.08. The van der Waals surface area contributed by atoms with Gasteiger partial charge in [0.05, 0.1) is 0 Å². The number of rotatable bonds is 2. The van der Waals surface area contributed by atoms with E-state index in [0.717, 1.165) is 19.5 Å². The van der Waals surface area contributed by atoms with E-state index < -0.39 is 0 Å². The third-order valence-corrected chi connectivity index (χ3v) is 3.99. The standard InChI is InChI=1S/C15H21NO2/c1-10(2)12-7-8-16(9-12)15(18)13-5-4-6-14(17)11(13)3/h4-6,10,12,17H,7-9H2,1-3H3. The van der Waals surface area contributed by atoms with E-state index >= 15 is 0 Å². The fourth-order valence-electron chi connectivity index (χ4n) is 2.54. The fourth-order valence-corrected chi connectivity index (χ4v) is 2.54. The number of benzene rings is 1. The van der Waals surface area contributed by atoms with Gasteiger partial charge in [0.2, 0.25) is 0 Å². The second-order valence-corrected chi connectivity index (χ2v) is 5.49. The summed E-state index contributed by atoms with van der Waals surface area (Å²) in [5.74, 6) is 1.46. The number of carbonyl (C=O) groups is 1. The topological polar surface area (TPSA) is 40.5 Å². The SMILES string of the molecule is Cc1c(O)cccc1C(=O)N1CCC(C(C)C)C1. The Morgan fingerprint density at radius 3 is 2.78 bits per heavy atom.